The number of benzene rings is 1. The Morgan fingerprint density at radius 2 is 2.12 bits per heavy atom. The number of aromatic nitrogens is 2. The first-order chi connectivity index (χ1) is 12.5. The summed E-state index contributed by atoms with van der Waals surface area (Å²) in [6.45, 7) is 7.15. The van der Waals surface area contributed by atoms with Crippen molar-refractivity contribution in [2.75, 3.05) is 19.7 Å². The largest absolute Gasteiger partial charge is 0.466 e. The highest BCUT2D eigenvalue weighted by atomic mass is 16.5. The lowest BCUT2D eigenvalue weighted by atomic mass is 9.97. The lowest BCUT2D eigenvalue weighted by Crippen LogP contribution is -2.43. The van der Waals surface area contributed by atoms with Crippen LogP contribution in [0.25, 0.3) is 5.69 Å². The third-order valence-electron chi connectivity index (χ3n) is 4.81. The van der Waals surface area contributed by atoms with Crippen molar-refractivity contribution in [3.05, 3.63) is 47.3 Å². The molecule has 138 valence electrons. The maximum Gasteiger partial charge on any atom is 0.310 e. The first-order valence-corrected chi connectivity index (χ1v) is 9.08. The Kier molecular flexibility index (Phi) is 5.40. The van der Waals surface area contributed by atoms with Gasteiger partial charge in [0.2, 0.25) is 0 Å². The van der Waals surface area contributed by atoms with Crippen LogP contribution in [0.2, 0.25) is 0 Å². The zero-order valence-corrected chi connectivity index (χ0v) is 15.6. The summed E-state index contributed by atoms with van der Waals surface area (Å²) in [6, 6.07) is 8.00. The SMILES string of the molecule is CCOC(=O)[C@H]1CCCN(C(=O)c2cnn(-c3cccc(C)c3)c2C)C1. The molecule has 0 bridgehead atoms. The van der Waals surface area contributed by atoms with E-state index in [9.17, 15) is 9.59 Å². The summed E-state index contributed by atoms with van der Waals surface area (Å²) in [5.74, 6) is -0.521. The molecule has 26 heavy (non-hydrogen) atoms. The minimum atomic E-state index is -0.236. The minimum absolute atomic E-state index is 0.0737. The molecule has 1 saturated heterocycles. The number of aryl methyl sites for hydroxylation is 1. The number of carbonyl (C=O) groups excluding carboxylic acids is 2. The number of carbonyl (C=O) groups is 2. The third kappa shape index (κ3) is 3.64. The lowest BCUT2D eigenvalue weighted by Gasteiger charge is -2.31. The van der Waals surface area contributed by atoms with Gasteiger partial charge in [-0.15, -0.1) is 0 Å². The molecule has 1 atom stereocenters. The summed E-state index contributed by atoms with van der Waals surface area (Å²) in [5, 5.41) is 4.40. The minimum Gasteiger partial charge on any atom is -0.466 e. The van der Waals surface area contributed by atoms with Crippen LogP contribution in [0, 0.1) is 19.8 Å². The molecule has 1 fully saturated rings. The van der Waals surface area contributed by atoms with Gasteiger partial charge >= 0.3 is 5.97 Å². The molecule has 0 spiro atoms. The van der Waals surface area contributed by atoms with Gasteiger partial charge in [0.15, 0.2) is 0 Å². The van der Waals surface area contributed by atoms with Crippen LogP contribution in [0.1, 0.15) is 41.4 Å². The quantitative estimate of drug-likeness (QED) is 0.791. The van der Waals surface area contributed by atoms with E-state index in [0.717, 1.165) is 29.8 Å². The van der Waals surface area contributed by atoms with Gasteiger partial charge in [-0.2, -0.15) is 5.10 Å². The highest BCUT2D eigenvalue weighted by Crippen LogP contribution is 2.22. The molecule has 0 unspecified atom stereocenters. The van der Waals surface area contributed by atoms with Crippen LogP contribution in [-0.4, -0.2) is 46.3 Å². The first-order valence-electron chi connectivity index (χ1n) is 9.08. The van der Waals surface area contributed by atoms with Crippen molar-refractivity contribution < 1.29 is 14.3 Å². The van der Waals surface area contributed by atoms with E-state index in [-0.39, 0.29) is 17.8 Å². The van der Waals surface area contributed by atoms with E-state index in [1.54, 1.807) is 22.7 Å². The Hall–Kier alpha value is -2.63. The highest BCUT2D eigenvalue weighted by molar-refractivity contribution is 5.95. The summed E-state index contributed by atoms with van der Waals surface area (Å²) < 4.78 is 6.90. The topological polar surface area (TPSA) is 64.4 Å². The molecular weight excluding hydrogens is 330 g/mol. The van der Waals surface area contributed by atoms with Crippen molar-refractivity contribution in [1.29, 1.82) is 0 Å². The van der Waals surface area contributed by atoms with Crippen LogP contribution in [0.4, 0.5) is 0 Å². The second kappa shape index (κ2) is 7.72. The summed E-state index contributed by atoms with van der Waals surface area (Å²) in [6.07, 6.45) is 3.19. The standard InChI is InChI=1S/C20H25N3O3/c1-4-26-20(25)16-8-6-10-22(13-16)19(24)18-12-21-23(15(18)3)17-9-5-7-14(2)11-17/h5,7,9,11-12,16H,4,6,8,10,13H2,1-3H3/t16-/m0/s1. The molecule has 1 aromatic carbocycles. The zero-order chi connectivity index (χ0) is 18.7. The second-order valence-electron chi connectivity index (χ2n) is 6.74. The second-order valence-corrected chi connectivity index (χ2v) is 6.74. The van der Waals surface area contributed by atoms with Gasteiger partial charge in [-0.25, -0.2) is 4.68 Å². The first kappa shape index (κ1) is 18.2. The number of piperidine rings is 1. The van der Waals surface area contributed by atoms with Crippen LogP contribution in [-0.2, 0) is 9.53 Å². The van der Waals surface area contributed by atoms with Gasteiger partial charge in [-0.05, 0) is 51.3 Å². The van der Waals surface area contributed by atoms with E-state index in [1.807, 2.05) is 38.1 Å². The molecule has 1 amide bonds. The number of hydrogen-bond acceptors (Lipinski definition) is 4. The summed E-state index contributed by atoms with van der Waals surface area (Å²) in [7, 11) is 0. The van der Waals surface area contributed by atoms with Crippen LogP contribution >= 0.6 is 0 Å². The monoisotopic (exact) mass is 355 g/mol. The molecule has 1 aliphatic rings. The average molecular weight is 355 g/mol. The van der Waals surface area contributed by atoms with Crippen molar-refractivity contribution >= 4 is 11.9 Å². The van der Waals surface area contributed by atoms with Crippen LogP contribution in [0.5, 0.6) is 0 Å². The van der Waals surface area contributed by atoms with E-state index < -0.39 is 0 Å². The number of hydrogen-bond donors (Lipinski definition) is 0. The summed E-state index contributed by atoms with van der Waals surface area (Å²) in [5.41, 5.74) is 3.46. The molecule has 6 nitrogen and oxygen atoms in total. The molecule has 0 radical (unpaired) electrons. The predicted octanol–water partition coefficient (Wildman–Crippen LogP) is 2.90. The Labute approximate surface area is 153 Å². The molecular formula is C20H25N3O3. The van der Waals surface area contributed by atoms with E-state index in [1.165, 1.54) is 0 Å². The summed E-state index contributed by atoms with van der Waals surface area (Å²) >= 11 is 0. The van der Waals surface area contributed by atoms with Gasteiger partial charge in [0.25, 0.3) is 5.91 Å². The smallest absolute Gasteiger partial charge is 0.310 e. The summed E-state index contributed by atoms with van der Waals surface area (Å²) in [4.78, 5) is 26.7. The normalized spacial score (nSPS) is 17.2. The van der Waals surface area contributed by atoms with E-state index in [0.29, 0.717) is 25.3 Å². The maximum atomic E-state index is 13.0. The van der Waals surface area contributed by atoms with Gasteiger partial charge in [0, 0.05) is 13.1 Å². The third-order valence-corrected chi connectivity index (χ3v) is 4.81. The Morgan fingerprint density at radius 1 is 1.31 bits per heavy atom. The average Bonchev–Trinajstić information content (AvgIpc) is 3.03. The van der Waals surface area contributed by atoms with Crippen LogP contribution in [0.3, 0.4) is 0 Å². The number of amides is 1. The number of likely N-dealkylation sites (tertiary alicyclic amines) is 1. The fourth-order valence-corrected chi connectivity index (χ4v) is 3.42. The molecule has 0 saturated carbocycles. The molecule has 1 aromatic heterocycles. The van der Waals surface area contributed by atoms with Crippen LogP contribution < -0.4 is 0 Å². The number of esters is 1. The fraction of sp³-hybridized carbons (Fsp3) is 0.450. The maximum absolute atomic E-state index is 13.0. The highest BCUT2D eigenvalue weighted by Gasteiger charge is 2.31. The number of ether oxygens (including phenoxy) is 1. The Bertz CT molecular complexity index is 812. The van der Waals surface area contributed by atoms with Gasteiger partial charge in [-0.1, -0.05) is 12.1 Å². The van der Waals surface area contributed by atoms with Gasteiger partial charge in [0.05, 0.1) is 35.7 Å². The van der Waals surface area contributed by atoms with E-state index in [2.05, 4.69) is 5.10 Å². The molecule has 0 N–H and O–H groups in total. The van der Waals surface area contributed by atoms with Crippen LogP contribution in [0.15, 0.2) is 30.5 Å². The van der Waals surface area contributed by atoms with Crippen molar-refractivity contribution in [3.63, 3.8) is 0 Å². The predicted molar refractivity (Wildman–Crippen MR) is 98.3 cm³/mol. The van der Waals surface area contributed by atoms with E-state index in [4.69, 9.17) is 4.74 Å². The molecule has 2 heterocycles. The van der Waals surface area contributed by atoms with Crippen molar-refractivity contribution in [2.24, 2.45) is 5.92 Å². The van der Waals surface area contributed by atoms with Crippen molar-refractivity contribution in [3.8, 4) is 5.69 Å². The molecule has 3 rings (SSSR count). The lowest BCUT2D eigenvalue weighted by molar-refractivity contribution is -0.149. The van der Waals surface area contributed by atoms with Gasteiger partial charge in [0.1, 0.15) is 0 Å². The van der Waals surface area contributed by atoms with Crippen molar-refractivity contribution in [2.45, 2.75) is 33.6 Å². The van der Waals surface area contributed by atoms with Gasteiger partial charge in [-0.3, -0.25) is 9.59 Å². The molecule has 2 aromatic rings. The van der Waals surface area contributed by atoms with Gasteiger partial charge < -0.3 is 9.64 Å². The number of nitrogens with zero attached hydrogens (tertiary/aromatic N) is 3. The fourth-order valence-electron chi connectivity index (χ4n) is 3.42. The molecule has 1 aliphatic heterocycles. The molecule has 6 heteroatoms. The Morgan fingerprint density at radius 3 is 2.85 bits per heavy atom. The number of rotatable bonds is 4. The Balaban J connectivity index is 1.79. The molecule has 0 aliphatic carbocycles. The van der Waals surface area contributed by atoms with Crippen molar-refractivity contribution in [1.82, 2.24) is 14.7 Å². The zero-order valence-electron chi connectivity index (χ0n) is 15.6. The van der Waals surface area contributed by atoms with E-state index >= 15 is 0 Å².